The van der Waals surface area contributed by atoms with Gasteiger partial charge in [0.1, 0.15) is 5.85 Å². The van der Waals surface area contributed by atoms with Crippen LogP contribution in [0.1, 0.15) is 11.4 Å². The summed E-state index contributed by atoms with van der Waals surface area (Å²) in [4.78, 5) is 0. The van der Waals surface area contributed by atoms with Crippen molar-refractivity contribution in [3.05, 3.63) is 66.2 Å². The minimum atomic E-state index is 0.170. The van der Waals surface area contributed by atoms with Gasteiger partial charge in [-0.25, -0.2) is 0 Å². The molecule has 0 aliphatic carbocycles. The Kier molecular flexibility index (Phi) is 4.10. The normalized spacial score (nSPS) is 13.1. The second-order valence-corrected chi connectivity index (χ2v) is 4.93. The Morgan fingerprint density at radius 2 is 1.44 bits per heavy atom. The third-order valence-electron chi connectivity index (χ3n) is 2.41. The summed E-state index contributed by atoms with van der Waals surface area (Å²) in [5.74, 6) is 0.170. The Morgan fingerprint density at radius 1 is 0.875 bits per heavy atom. The van der Waals surface area contributed by atoms with Gasteiger partial charge in [0.05, 0.1) is 0 Å². The number of hydrogen-bond acceptors (Lipinski definition) is 1. The highest BCUT2D eigenvalue weighted by atomic mass is 31.1. The molecule has 82 valence electrons. The van der Waals surface area contributed by atoms with Gasteiger partial charge in [0, 0.05) is 7.11 Å². The van der Waals surface area contributed by atoms with Crippen LogP contribution in [0.5, 0.6) is 0 Å². The Morgan fingerprint density at radius 3 is 2.00 bits per heavy atom. The number of rotatable bonds is 4. The van der Waals surface area contributed by atoms with Crippen LogP contribution < -0.4 is 5.30 Å². The number of ether oxygens (including phenoxy) is 1. The molecule has 0 aliphatic heterocycles. The zero-order valence-electron chi connectivity index (χ0n) is 9.26. The molecule has 2 unspecified atom stereocenters. The van der Waals surface area contributed by atoms with Crippen LogP contribution in [0.4, 0.5) is 0 Å². The zero-order valence-corrected chi connectivity index (χ0v) is 10.3. The molecule has 0 amide bonds. The van der Waals surface area contributed by atoms with E-state index >= 15 is 0 Å². The third kappa shape index (κ3) is 2.91. The highest BCUT2D eigenvalue weighted by molar-refractivity contribution is 7.47. The van der Waals surface area contributed by atoms with Crippen LogP contribution >= 0.6 is 8.58 Å². The monoisotopic (exact) mass is 230 g/mol. The highest BCUT2D eigenvalue weighted by Crippen LogP contribution is 2.33. The lowest BCUT2D eigenvalue weighted by molar-refractivity contribution is 0.174. The maximum Gasteiger partial charge on any atom is 0.102 e. The average Bonchev–Trinajstić information content (AvgIpc) is 2.38. The van der Waals surface area contributed by atoms with Crippen molar-refractivity contribution >= 4 is 13.9 Å². The van der Waals surface area contributed by atoms with Crippen LogP contribution in [-0.2, 0) is 4.74 Å². The lowest BCUT2D eigenvalue weighted by Gasteiger charge is -2.15. The zero-order chi connectivity index (χ0) is 11.2. The molecule has 0 radical (unpaired) electrons. The molecule has 2 aromatic rings. The Hall–Kier alpha value is -1.17. The van der Waals surface area contributed by atoms with E-state index < -0.39 is 0 Å². The summed E-state index contributed by atoms with van der Waals surface area (Å²) in [5.41, 5.74) is 1.24. The molecule has 0 spiro atoms. The Labute approximate surface area is 98.2 Å². The molecule has 0 saturated carbocycles. The van der Waals surface area contributed by atoms with Crippen LogP contribution in [0.2, 0.25) is 0 Å². The van der Waals surface area contributed by atoms with Gasteiger partial charge in [-0.05, 0) is 10.9 Å². The topological polar surface area (TPSA) is 9.23 Å². The predicted molar refractivity (Wildman–Crippen MR) is 70.6 cm³/mol. The van der Waals surface area contributed by atoms with Crippen LogP contribution in [0.15, 0.2) is 60.7 Å². The molecule has 0 aliphatic rings. The molecular weight excluding hydrogens is 215 g/mol. The predicted octanol–water partition coefficient (Wildman–Crippen LogP) is 3.34. The van der Waals surface area contributed by atoms with Gasteiger partial charge in [-0.2, -0.15) is 0 Å². The molecule has 2 heteroatoms. The first-order valence-electron chi connectivity index (χ1n) is 5.29. The van der Waals surface area contributed by atoms with Gasteiger partial charge < -0.3 is 4.74 Å². The van der Waals surface area contributed by atoms with Gasteiger partial charge in [-0.1, -0.05) is 69.2 Å². The molecule has 2 aromatic carbocycles. The first kappa shape index (κ1) is 11.3. The van der Waals surface area contributed by atoms with Crippen molar-refractivity contribution in [3.63, 3.8) is 0 Å². The molecule has 0 fully saturated rings. The van der Waals surface area contributed by atoms with E-state index in [1.165, 1.54) is 10.9 Å². The van der Waals surface area contributed by atoms with E-state index in [0.717, 1.165) is 0 Å². The van der Waals surface area contributed by atoms with Crippen LogP contribution in [0, 0.1) is 0 Å². The molecule has 2 atom stereocenters. The van der Waals surface area contributed by atoms with E-state index in [1.54, 1.807) is 7.11 Å². The second kappa shape index (κ2) is 5.79. The van der Waals surface area contributed by atoms with Gasteiger partial charge in [-0.3, -0.25) is 0 Å². The fourth-order valence-corrected chi connectivity index (χ4v) is 2.76. The van der Waals surface area contributed by atoms with Gasteiger partial charge >= 0.3 is 0 Å². The summed E-state index contributed by atoms with van der Waals surface area (Å²) >= 11 is 0. The van der Waals surface area contributed by atoms with Gasteiger partial charge in [0.25, 0.3) is 0 Å². The van der Waals surface area contributed by atoms with E-state index in [2.05, 4.69) is 48.5 Å². The minimum Gasteiger partial charge on any atom is -0.372 e. The number of hydrogen-bond donors (Lipinski definition) is 0. The Bertz CT molecular complexity index is 413. The molecule has 1 nitrogen and oxygen atoms in total. The van der Waals surface area contributed by atoms with E-state index in [0.29, 0.717) is 8.58 Å². The average molecular weight is 230 g/mol. The number of benzene rings is 2. The van der Waals surface area contributed by atoms with Crippen LogP contribution in [0.3, 0.4) is 0 Å². The third-order valence-corrected chi connectivity index (χ3v) is 3.91. The van der Waals surface area contributed by atoms with Gasteiger partial charge in [0.15, 0.2) is 0 Å². The first-order chi connectivity index (χ1) is 7.90. The minimum absolute atomic E-state index is 0.170. The smallest absolute Gasteiger partial charge is 0.102 e. The summed E-state index contributed by atoms with van der Waals surface area (Å²) < 4.78 is 5.55. The van der Waals surface area contributed by atoms with Crippen LogP contribution in [0.25, 0.3) is 0 Å². The molecule has 0 bridgehead atoms. The fourth-order valence-electron chi connectivity index (χ4n) is 1.59. The van der Waals surface area contributed by atoms with Crippen molar-refractivity contribution < 1.29 is 4.74 Å². The van der Waals surface area contributed by atoms with Crippen molar-refractivity contribution in [2.45, 2.75) is 5.85 Å². The molecule has 16 heavy (non-hydrogen) atoms. The molecule has 2 rings (SSSR count). The molecular formula is C14H15OP. The van der Waals surface area contributed by atoms with Gasteiger partial charge in [-0.15, -0.1) is 0 Å². The van der Waals surface area contributed by atoms with E-state index in [1.807, 2.05) is 12.1 Å². The highest BCUT2D eigenvalue weighted by Gasteiger charge is 2.09. The summed E-state index contributed by atoms with van der Waals surface area (Å²) in [6.07, 6.45) is 0. The van der Waals surface area contributed by atoms with E-state index in [-0.39, 0.29) is 5.85 Å². The van der Waals surface area contributed by atoms with Crippen molar-refractivity contribution in [1.29, 1.82) is 0 Å². The van der Waals surface area contributed by atoms with Gasteiger partial charge in [0.2, 0.25) is 0 Å². The maximum absolute atomic E-state index is 5.55. The second-order valence-electron chi connectivity index (χ2n) is 3.54. The molecule has 0 aromatic heterocycles. The summed E-state index contributed by atoms with van der Waals surface area (Å²) in [5, 5.41) is 1.33. The fraction of sp³-hybridized carbons (Fsp3) is 0.143. The molecule has 0 heterocycles. The summed E-state index contributed by atoms with van der Waals surface area (Å²) in [6, 6.07) is 20.8. The van der Waals surface area contributed by atoms with Crippen molar-refractivity contribution in [1.82, 2.24) is 0 Å². The van der Waals surface area contributed by atoms with E-state index in [9.17, 15) is 0 Å². The van der Waals surface area contributed by atoms with Crippen LogP contribution in [-0.4, -0.2) is 7.11 Å². The maximum atomic E-state index is 5.55. The van der Waals surface area contributed by atoms with E-state index in [4.69, 9.17) is 4.74 Å². The Balaban J connectivity index is 2.13. The quantitative estimate of drug-likeness (QED) is 0.732. The van der Waals surface area contributed by atoms with Crippen molar-refractivity contribution in [3.8, 4) is 0 Å². The van der Waals surface area contributed by atoms with Crippen molar-refractivity contribution in [2.24, 2.45) is 0 Å². The standard InChI is InChI=1S/C14H15OP/c1-15-14(12-8-4-2-5-9-12)16-13-10-6-3-7-11-13/h2-11,14,16H,1H3. The number of methoxy groups -OCH3 is 1. The first-order valence-corrected chi connectivity index (χ1v) is 6.37. The lowest BCUT2D eigenvalue weighted by atomic mass is 10.2. The summed E-state index contributed by atoms with van der Waals surface area (Å²) in [6.45, 7) is 0. The molecule has 0 N–H and O–H groups in total. The SMILES string of the molecule is COC(Pc1ccccc1)c1ccccc1. The molecule has 0 saturated heterocycles. The largest absolute Gasteiger partial charge is 0.372 e. The lowest BCUT2D eigenvalue weighted by Crippen LogP contribution is -2.01. The van der Waals surface area contributed by atoms with Crippen molar-refractivity contribution in [2.75, 3.05) is 7.11 Å². The summed E-state index contributed by atoms with van der Waals surface area (Å²) in [7, 11) is 2.42.